The van der Waals surface area contributed by atoms with Gasteiger partial charge >= 0.3 is 5.97 Å². The second-order valence-corrected chi connectivity index (χ2v) is 3.48. The molecule has 0 aliphatic rings. The zero-order chi connectivity index (χ0) is 9.84. The van der Waals surface area contributed by atoms with Crippen LogP contribution in [-0.4, -0.2) is 11.1 Å². The van der Waals surface area contributed by atoms with Gasteiger partial charge in [0.25, 0.3) is 0 Å². The molecule has 0 heterocycles. The van der Waals surface area contributed by atoms with E-state index in [1.54, 1.807) is 6.08 Å². The predicted molar refractivity (Wildman–Crippen MR) is 55.5 cm³/mol. The first-order valence-electron chi connectivity index (χ1n) is 3.77. The van der Waals surface area contributed by atoms with Crippen LogP contribution in [0.5, 0.6) is 0 Å². The SMILES string of the molecule is Cc1c(Br)cccc1/C=C/C(=O)O. The fourth-order valence-electron chi connectivity index (χ4n) is 0.966. The molecule has 2 nitrogen and oxygen atoms in total. The van der Waals surface area contributed by atoms with Crippen LogP contribution in [-0.2, 0) is 4.79 Å². The van der Waals surface area contributed by atoms with Crippen molar-refractivity contribution in [1.29, 1.82) is 0 Å². The average Bonchev–Trinajstić information content (AvgIpc) is 2.07. The zero-order valence-electron chi connectivity index (χ0n) is 7.12. The van der Waals surface area contributed by atoms with E-state index in [9.17, 15) is 4.79 Å². The third-order valence-electron chi connectivity index (χ3n) is 1.72. The highest BCUT2D eigenvalue weighted by atomic mass is 79.9. The maximum absolute atomic E-state index is 10.3. The summed E-state index contributed by atoms with van der Waals surface area (Å²) in [6.45, 7) is 1.94. The lowest BCUT2D eigenvalue weighted by molar-refractivity contribution is -0.131. The van der Waals surface area contributed by atoms with E-state index in [4.69, 9.17) is 5.11 Å². The van der Waals surface area contributed by atoms with Crippen LogP contribution in [0.3, 0.4) is 0 Å². The number of aliphatic carboxylic acids is 1. The lowest BCUT2D eigenvalue weighted by atomic mass is 10.1. The van der Waals surface area contributed by atoms with E-state index in [2.05, 4.69) is 15.9 Å². The van der Waals surface area contributed by atoms with Gasteiger partial charge in [0.05, 0.1) is 0 Å². The minimum absolute atomic E-state index is 0.914. The topological polar surface area (TPSA) is 37.3 Å². The molecule has 0 bridgehead atoms. The van der Waals surface area contributed by atoms with Gasteiger partial charge in [-0.2, -0.15) is 0 Å². The van der Waals surface area contributed by atoms with Gasteiger partial charge in [-0.1, -0.05) is 28.1 Å². The molecule has 1 N–H and O–H groups in total. The van der Waals surface area contributed by atoms with Crippen LogP contribution in [0.2, 0.25) is 0 Å². The Morgan fingerprint density at radius 1 is 1.54 bits per heavy atom. The van der Waals surface area contributed by atoms with Crippen LogP contribution < -0.4 is 0 Å². The van der Waals surface area contributed by atoms with E-state index >= 15 is 0 Å². The van der Waals surface area contributed by atoms with E-state index < -0.39 is 5.97 Å². The molecular formula is C10H9BrO2. The Morgan fingerprint density at radius 3 is 2.85 bits per heavy atom. The van der Waals surface area contributed by atoms with Crippen molar-refractivity contribution in [3.05, 3.63) is 39.9 Å². The number of carboxylic acids is 1. The maximum atomic E-state index is 10.3. The largest absolute Gasteiger partial charge is 0.478 e. The number of benzene rings is 1. The number of carboxylic acid groups (broad SMARTS) is 1. The van der Waals surface area contributed by atoms with Crippen molar-refractivity contribution in [3.8, 4) is 0 Å². The molecule has 1 rings (SSSR count). The highest BCUT2D eigenvalue weighted by molar-refractivity contribution is 9.10. The summed E-state index contributed by atoms with van der Waals surface area (Å²) >= 11 is 3.37. The van der Waals surface area contributed by atoms with Crippen molar-refractivity contribution < 1.29 is 9.90 Å². The van der Waals surface area contributed by atoms with Crippen LogP contribution in [0.25, 0.3) is 6.08 Å². The van der Waals surface area contributed by atoms with Crippen molar-refractivity contribution in [2.75, 3.05) is 0 Å². The van der Waals surface area contributed by atoms with E-state index in [1.807, 2.05) is 25.1 Å². The highest BCUT2D eigenvalue weighted by Gasteiger charge is 1.98. The van der Waals surface area contributed by atoms with Gasteiger partial charge in [0, 0.05) is 10.5 Å². The van der Waals surface area contributed by atoms with Gasteiger partial charge in [0.2, 0.25) is 0 Å². The fraction of sp³-hybridized carbons (Fsp3) is 0.100. The molecule has 0 radical (unpaired) electrons. The summed E-state index contributed by atoms with van der Waals surface area (Å²) in [5.41, 5.74) is 1.96. The minimum Gasteiger partial charge on any atom is -0.478 e. The van der Waals surface area contributed by atoms with Crippen LogP contribution in [0.1, 0.15) is 11.1 Å². The summed E-state index contributed by atoms with van der Waals surface area (Å²) < 4.78 is 0.986. The third kappa shape index (κ3) is 2.70. The second-order valence-electron chi connectivity index (χ2n) is 2.63. The van der Waals surface area contributed by atoms with Crippen molar-refractivity contribution in [1.82, 2.24) is 0 Å². The Labute approximate surface area is 85.0 Å². The molecule has 0 aromatic heterocycles. The Kier molecular flexibility index (Phi) is 3.25. The van der Waals surface area contributed by atoms with Crippen molar-refractivity contribution in [3.63, 3.8) is 0 Å². The van der Waals surface area contributed by atoms with Crippen LogP contribution in [0.15, 0.2) is 28.7 Å². The van der Waals surface area contributed by atoms with Crippen molar-refractivity contribution >= 4 is 28.0 Å². The Bertz CT molecular complexity index is 356. The van der Waals surface area contributed by atoms with Gasteiger partial charge in [-0.25, -0.2) is 4.79 Å². The quantitative estimate of drug-likeness (QED) is 0.808. The molecular weight excluding hydrogens is 232 g/mol. The summed E-state index contributed by atoms with van der Waals surface area (Å²) in [6.07, 6.45) is 2.72. The van der Waals surface area contributed by atoms with Crippen LogP contribution in [0.4, 0.5) is 0 Å². The molecule has 0 aliphatic carbocycles. The first-order chi connectivity index (χ1) is 6.11. The molecule has 1 aromatic rings. The molecule has 0 atom stereocenters. The van der Waals surface area contributed by atoms with E-state index in [-0.39, 0.29) is 0 Å². The second kappa shape index (κ2) is 4.23. The number of carbonyl (C=O) groups is 1. The smallest absolute Gasteiger partial charge is 0.328 e. The summed E-state index contributed by atoms with van der Waals surface area (Å²) in [7, 11) is 0. The molecule has 0 saturated carbocycles. The van der Waals surface area contributed by atoms with Crippen LogP contribution in [0, 0.1) is 6.92 Å². The van der Waals surface area contributed by atoms with E-state index in [0.717, 1.165) is 21.7 Å². The fourth-order valence-corrected chi connectivity index (χ4v) is 1.35. The number of rotatable bonds is 2. The average molecular weight is 241 g/mol. The number of hydrogen-bond acceptors (Lipinski definition) is 1. The molecule has 0 spiro atoms. The van der Waals surface area contributed by atoms with Gasteiger partial charge in [-0.15, -0.1) is 0 Å². The molecule has 0 saturated heterocycles. The number of halogens is 1. The highest BCUT2D eigenvalue weighted by Crippen LogP contribution is 2.20. The maximum Gasteiger partial charge on any atom is 0.328 e. The van der Waals surface area contributed by atoms with E-state index in [0.29, 0.717) is 0 Å². The summed E-state index contributed by atoms with van der Waals surface area (Å²) in [4.78, 5) is 10.3. The third-order valence-corrected chi connectivity index (χ3v) is 2.57. The molecule has 68 valence electrons. The van der Waals surface area contributed by atoms with E-state index in [1.165, 1.54) is 0 Å². The molecule has 0 fully saturated rings. The zero-order valence-corrected chi connectivity index (χ0v) is 8.71. The summed E-state index contributed by atoms with van der Waals surface area (Å²) in [5, 5.41) is 8.44. The Morgan fingerprint density at radius 2 is 2.23 bits per heavy atom. The summed E-state index contributed by atoms with van der Waals surface area (Å²) in [5.74, 6) is -0.931. The van der Waals surface area contributed by atoms with Crippen molar-refractivity contribution in [2.24, 2.45) is 0 Å². The van der Waals surface area contributed by atoms with Gasteiger partial charge in [-0.3, -0.25) is 0 Å². The molecule has 0 amide bonds. The number of hydrogen-bond donors (Lipinski definition) is 1. The molecule has 0 aliphatic heterocycles. The monoisotopic (exact) mass is 240 g/mol. The lowest BCUT2D eigenvalue weighted by Gasteiger charge is -2.01. The predicted octanol–water partition coefficient (Wildman–Crippen LogP) is 2.86. The van der Waals surface area contributed by atoms with Gasteiger partial charge < -0.3 is 5.11 Å². The van der Waals surface area contributed by atoms with Crippen molar-refractivity contribution in [2.45, 2.75) is 6.92 Å². The standard InChI is InChI=1S/C10H9BrO2/c1-7-8(5-6-10(12)13)3-2-4-9(7)11/h2-6H,1H3,(H,12,13)/b6-5+. The first kappa shape index (κ1) is 9.99. The van der Waals surface area contributed by atoms with Crippen LogP contribution >= 0.6 is 15.9 Å². The Balaban J connectivity index is 3.02. The molecule has 1 aromatic carbocycles. The van der Waals surface area contributed by atoms with Gasteiger partial charge in [0.15, 0.2) is 0 Å². The molecule has 13 heavy (non-hydrogen) atoms. The Hall–Kier alpha value is -1.09. The first-order valence-corrected chi connectivity index (χ1v) is 4.56. The lowest BCUT2D eigenvalue weighted by Crippen LogP contribution is -1.87. The normalized spacial score (nSPS) is 10.6. The van der Waals surface area contributed by atoms with Gasteiger partial charge in [0.1, 0.15) is 0 Å². The minimum atomic E-state index is -0.931. The molecule has 0 unspecified atom stereocenters. The summed E-state index contributed by atoms with van der Waals surface area (Å²) in [6, 6.07) is 5.67. The molecule has 3 heteroatoms. The van der Waals surface area contributed by atoms with Gasteiger partial charge in [-0.05, 0) is 30.2 Å².